The van der Waals surface area contributed by atoms with Gasteiger partial charge < -0.3 is 14.4 Å². The molecule has 0 aromatic heterocycles. The number of aryl methyl sites for hydroxylation is 1. The Morgan fingerprint density at radius 2 is 1.88 bits per heavy atom. The predicted octanol–water partition coefficient (Wildman–Crippen LogP) is 1.97. The van der Waals surface area contributed by atoms with Crippen molar-refractivity contribution >= 4 is 11.9 Å². The van der Waals surface area contributed by atoms with Crippen LogP contribution in [0.3, 0.4) is 0 Å². The van der Waals surface area contributed by atoms with Crippen molar-refractivity contribution in [2.24, 2.45) is 5.92 Å². The number of ether oxygens (including phenoxy) is 2. The molecule has 1 unspecified atom stereocenters. The summed E-state index contributed by atoms with van der Waals surface area (Å²) < 4.78 is 10.2. The molecule has 144 valence electrons. The molecule has 6 nitrogen and oxygen atoms in total. The molecule has 1 aromatic carbocycles. The Hall–Kier alpha value is -1.92. The Bertz CT molecular complexity index is 582. The van der Waals surface area contributed by atoms with Gasteiger partial charge in [0.25, 0.3) is 5.91 Å². The van der Waals surface area contributed by atoms with Crippen LogP contribution in [0, 0.1) is 12.8 Å². The molecular weight excluding hydrogens is 332 g/mol. The molecule has 1 aliphatic heterocycles. The molecule has 0 saturated carbocycles. The fourth-order valence-electron chi connectivity index (χ4n) is 3.07. The topological polar surface area (TPSA) is 59.1 Å². The highest BCUT2D eigenvalue weighted by Crippen LogP contribution is 2.11. The summed E-state index contributed by atoms with van der Waals surface area (Å²) in [6.45, 7) is 9.10. The Labute approximate surface area is 156 Å². The molecule has 2 rings (SSSR count). The normalized spacial score (nSPS) is 16.1. The number of benzene rings is 1. The first-order chi connectivity index (χ1) is 12.5. The van der Waals surface area contributed by atoms with Crippen LogP contribution in [0.15, 0.2) is 24.3 Å². The quantitative estimate of drug-likeness (QED) is 0.662. The van der Waals surface area contributed by atoms with Crippen LogP contribution in [0.5, 0.6) is 0 Å². The smallest absolute Gasteiger partial charge is 0.310 e. The van der Waals surface area contributed by atoms with E-state index in [1.165, 1.54) is 7.11 Å². The lowest BCUT2D eigenvalue weighted by Gasteiger charge is -2.29. The van der Waals surface area contributed by atoms with Crippen molar-refractivity contribution < 1.29 is 19.1 Å². The average molecular weight is 362 g/mol. The number of hydrogen-bond acceptors (Lipinski definition) is 5. The minimum Gasteiger partial charge on any atom is -0.469 e. The third kappa shape index (κ3) is 6.11. The molecule has 1 amide bonds. The molecule has 1 aliphatic rings. The molecule has 0 spiro atoms. The van der Waals surface area contributed by atoms with E-state index < -0.39 is 0 Å². The number of nitrogens with zero attached hydrogens (tertiary/aromatic N) is 2. The van der Waals surface area contributed by atoms with Gasteiger partial charge in [0.05, 0.1) is 26.2 Å². The minimum absolute atomic E-state index is 0.0391. The van der Waals surface area contributed by atoms with Crippen LogP contribution in [0.2, 0.25) is 0 Å². The fourth-order valence-corrected chi connectivity index (χ4v) is 3.07. The van der Waals surface area contributed by atoms with E-state index >= 15 is 0 Å². The maximum absolute atomic E-state index is 12.9. The van der Waals surface area contributed by atoms with Gasteiger partial charge in [0.1, 0.15) is 0 Å². The number of carbonyl (C=O) groups excluding carboxylic acids is 2. The van der Waals surface area contributed by atoms with Crippen molar-refractivity contribution in [1.29, 1.82) is 0 Å². The van der Waals surface area contributed by atoms with Crippen molar-refractivity contribution in [2.45, 2.75) is 20.3 Å². The molecule has 0 radical (unpaired) electrons. The molecule has 6 heteroatoms. The van der Waals surface area contributed by atoms with E-state index in [1.807, 2.05) is 31.2 Å². The van der Waals surface area contributed by atoms with Crippen molar-refractivity contribution in [3.8, 4) is 0 Å². The first-order valence-corrected chi connectivity index (χ1v) is 9.25. The Morgan fingerprint density at radius 3 is 2.50 bits per heavy atom. The summed E-state index contributed by atoms with van der Waals surface area (Å²) in [4.78, 5) is 28.8. The van der Waals surface area contributed by atoms with Gasteiger partial charge in [-0.05, 0) is 25.5 Å². The maximum atomic E-state index is 12.9. The van der Waals surface area contributed by atoms with Crippen molar-refractivity contribution in [3.63, 3.8) is 0 Å². The van der Waals surface area contributed by atoms with Gasteiger partial charge in [0.2, 0.25) is 0 Å². The zero-order valence-electron chi connectivity index (χ0n) is 16.1. The average Bonchev–Trinajstić information content (AvgIpc) is 2.67. The number of hydrogen-bond donors (Lipinski definition) is 0. The highest BCUT2D eigenvalue weighted by molar-refractivity contribution is 5.94. The number of esters is 1. The first-order valence-electron chi connectivity index (χ1n) is 9.25. The molecule has 1 atom stereocenters. The highest BCUT2D eigenvalue weighted by atomic mass is 16.5. The van der Waals surface area contributed by atoms with E-state index in [9.17, 15) is 9.59 Å². The van der Waals surface area contributed by atoms with Gasteiger partial charge in [0, 0.05) is 38.3 Å². The number of methoxy groups -OCH3 is 1. The van der Waals surface area contributed by atoms with Gasteiger partial charge in [-0.25, -0.2) is 0 Å². The van der Waals surface area contributed by atoms with E-state index in [2.05, 4.69) is 4.90 Å². The number of rotatable bonds is 8. The van der Waals surface area contributed by atoms with Crippen LogP contribution in [0.1, 0.15) is 29.3 Å². The highest BCUT2D eigenvalue weighted by Gasteiger charge is 2.22. The summed E-state index contributed by atoms with van der Waals surface area (Å²) in [5.74, 6) is -0.680. The molecule has 1 aromatic rings. The van der Waals surface area contributed by atoms with Crippen molar-refractivity contribution in [2.75, 3.05) is 53.0 Å². The first kappa shape index (κ1) is 20.4. The van der Waals surface area contributed by atoms with Gasteiger partial charge in [-0.1, -0.05) is 24.6 Å². The molecule has 26 heavy (non-hydrogen) atoms. The van der Waals surface area contributed by atoms with Gasteiger partial charge >= 0.3 is 5.97 Å². The molecular formula is C20H30N2O4. The van der Waals surface area contributed by atoms with Crippen LogP contribution in [0.4, 0.5) is 0 Å². The van der Waals surface area contributed by atoms with Crippen molar-refractivity contribution in [1.82, 2.24) is 9.80 Å². The summed E-state index contributed by atoms with van der Waals surface area (Å²) in [6.07, 6.45) is 0.867. The number of carbonyl (C=O) groups is 2. The zero-order chi connectivity index (χ0) is 18.9. The Morgan fingerprint density at radius 1 is 1.23 bits per heavy atom. The van der Waals surface area contributed by atoms with E-state index in [1.54, 1.807) is 11.8 Å². The number of morpholine rings is 1. The predicted molar refractivity (Wildman–Crippen MR) is 100 cm³/mol. The molecule has 0 bridgehead atoms. The standard InChI is InChI=1S/C20H30N2O4/c1-16-5-7-18(8-6-16)19(23)22(15-17(2)20(24)25-3)10-4-9-21-11-13-26-14-12-21/h5-8,17H,4,9-15H2,1-3H3. The summed E-state index contributed by atoms with van der Waals surface area (Å²) in [6, 6.07) is 7.55. The lowest BCUT2D eigenvalue weighted by molar-refractivity contribution is -0.145. The lowest BCUT2D eigenvalue weighted by Crippen LogP contribution is -2.41. The van der Waals surface area contributed by atoms with Crippen molar-refractivity contribution in [3.05, 3.63) is 35.4 Å². The van der Waals surface area contributed by atoms with E-state index in [0.717, 1.165) is 44.8 Å². The van der Waals surface area contributed by atoms with Crippen LogP contribution in [0.25, 0.3) is 0 Å². The third-order valence-electron chi connectivity index (χ3n) is 4.69. The molecule has 1 fully saturated rings. The van der Waals surface area contributed by atoms with Crippen LogP contribution in [-0.4, -0.2) is 74.7 Å². The van der Waals surface area contributed by atoms with E-state index in [-0.39, 0.29) is 17.8 Å². The van der Waals surface area contributed by atoms with Crippen LogP contribution >= 0.6 is 0 Å². The second-order valence-electron chi connectivity index (χ2n) is 6.85. The molecule has 0 N–H and O–H groups in total. The Kier molecular flexibility index (Phi) is 8.06. The maximum Gasteiger partial charge on any atom is 0.310 e. The van der Waals surface area contributed by atoms with Gasteiger partial charge in [-0.15, -0.1) is 0 Å². The Balaban J connectivity index is 1.98. The minimum atomic E-state index is -0.349. The third-order valence-corrected chi connectivity index (χ3v) is 4.69. The monoisotopic (exact) mass is 362 g/mol. The molecule has 1 saturated heterocycles. The summed E-state index contributed by atoms with van der Waals surface area (Å²) in [7, 11) is 1.38. The summed E-state index contributed by atoms with van der Waals surface area (Å²) in [5, 5.41) is 0. The van der Waals surface area contributed by atoms with Crippen LogP contribution < -0.4 is 0 Å². The largest absolute Gasteiger partial charge is 0.469 e. The molecule has 1 heterocycles. The van der Waals surface area contributed by atoms with E-state index in [4.69, 9.17) is 9.47 Å². The van der Waals surface area contributed by atoms with Gasteiger partial charge in [0.15, 0.2) is 0 Å². The summed E-state index contributed by atoms with van der Waals surface area (Å²) in [5.41, 5.74) is 1.77. The number of amides is 1. The van der Waals surface area contributed by atoms with Gasteiger partial charge in [-0.2, -0.15) is 0 Å². The second-order valence-corrected chi connectivity index (χ2v) is 6.85. The second kappa shape index (κ2) is 10.3. The summed E-state index contributed by atoms with van der Waals surface area (Å²) >= 11 is 0. The zero-order valence-corrected chi connectivity index (χ0v) is 16.1. The molecule has 0 aliphatic carbocycles. The van der Waals surface area contributed by atoms with Gasteiger partial charge in [-0.3, -0.25) is 14.5 Å². The van der Waals surface area contributed by atoms with E-state index in [0.29, 0.717) is 18.7 Å². The lowest BCUT2D eigenvalue weighted by atomic mass is 10.1. The fraction of sp³-hybridized carbons (Fsp3) is 0.600. The SMILES string of the molecule is COC(=O)C(C)CN(CCCN1CCOCC1)C(=O)c1ccc(C)cc1. The van der Waals surface area contributed by atoms with Crippen LogP contribution in [-0.2, 0) is 14.3 Å².